The van der Waals surface area contributed by atoms with Gasteiger partial charge in [0.1, 0.15) is 0 Å². The molecule has 1 aromatic heterocycles. The van der Waals surface area contributed by atoms with Gasteiger partial charge < -0.3 is 19.5 Å². The van der Waals surface area contributed by atoms with Crippen LogP contribution in [-0.2, 0) is 9.53 Å². The summed E-state index contributed by atoms with van der Waals surface area (Å²) in [6.45, 7) is 7.50. The number of ketones is 1. The minimum atomic E-state index is -0.432. The number of nitrogens with one attached hydrogen (secondary N) is 2. The fourth-order valence-corrected chi connectivity index (χ4v) is 2.50. The second-order valence-electron chi connectivity index (χ2n) is 6.24. The number of aryl methyl sites for hydroxylation is 1. The van der Waals surface area contributed by atoms with Crippen molar-refractivity contribution in [1.82, 2.24) is 9.88 Å². The molecule has 0 aliphatic carbocycles. The second-order valence-corrected chi connectivity index (χ2v) is 6.24. The first kappa shape index (κ1) is 19.9. The van der Waals surface area contributed by atoms with Crippen molar-refractivity contribution in [2.45, 2.75) is 33.7 Å². The molecule has 0 saturated heterocycles. The molecule has 0 bridgehead atoms. The number of H-pyrrole nitrogens is 1. The van der Waals surface area contributed by atoms with Crippen molar-refractivity contribution in [1.29, 1.82) is 0 Å². The quantitative estimate of drug-likeness (QED) is 0.541. The van der Waals surface area contributed by atoms with Gasteiger partial charge in [-0.2, -0.15) is 0 Å². The molecule has 24 heavy (non-hydrogen) atoms. The van der Waals surface area contributed by atoms with Crippen LogP contribution in [0.2, 0.25) is 0 Å². The van der Waals surface area contributed by atoms with E-state index in [1.807, 2.05) is 0 Å². The molecule has 1 rings (SSSR count). The molecule has 0 aliphatic heterocycles. The summed E-state index contributed by atoms with van der Waals surface area (Å²) in [7, 11) is 5.18. The standard InChI is InChI=1S/C17H27N3O4/c1-8-24-17(23)14-10(2)15(18-11(14)3)16(22)12(4)20(7)9-13(21)19(5)6/h12,18H,8-9H2,1-7H3/p+1/t12-/m1/s1. The number of aromatic amines is 1. The van der Waals surface area contributed by atoms with Crippen molar-refractivity contribution in [3.05, 3.63) is 22.5 Å². The monoisotopic (exact) mass is 338 g/mol. The van der Waals surface area contributed by atoms with Crippen LogP contribution < -0.4 is 4.90 Å². The number of quaternary nitrogens is 1. The number of hydrogen-bond acceptors (Lipinski definition) is 4. The smallest absolute Gasteiger partial charge is 0.340 e. The van der Waals surface area contributed by atoms with Gasteiger partial charge in [-0.25, -0.2) is 4.79 Å². The van der Waals surface area contributed by atoms with E-state index in [9.17, 15) is 14.4 Å². The first-order valence-corrected chi connectivity index (χ1v) is 8.04. The number of hydrogen-bond donors (Lipinski definition) is 2. The van der Waals surface area contributed by atoms with Crippen LogP contribution in [0.1, 0.15) is 46.0 Å². The summed E-state index contributed by atoms with van der Waals surface area (Å²) >= 11 is 0. The van der Waals surface area contributed by atoms with Gasteiger partial charge in [0.25, 0.3) is 5.91 Å². The highest BCUT2D eigenvalue weighted by molar-refractivity contribution is 6.03. The molecule has 7 heteroatoms. The summed E-state index contributed by atoms with van der Waals surface area (Å²) in [6, 6.07) is -0.416. The second kappa shape index (κ2) is 8.10. The first-order chi connectivity index (χ1) is 11.1. The van der Waals surface area contributed by atoms with Crippen LogP contribution in [0.4, 0.5) is 0 Å². The molecule has 0 spiro atoms. The van der Waals surface area contributed by atoms with Crippen molar-refractivity contribution < 1.29 is 24.0 Å². The summed E-state index contributed by atoms with van der Waals surface area (Å²) in [6.07, 6.45) is 0. The molecule has 1 amide bonds. The summed E-state index contributed by atoms with van der Waals surface area (Å²) < 4.78 is 5.04. The SMILES string of the molecule is CCOC(=O)c1c(C)[nH]c(C(=O)[C@@H](C)[NH+](C)CC(=O)N(C)C)c1C. The Labute approximate surface area is 143 Å². The molecular formula is C17H28N3O4+. The number of esters is 1. The van der Waals surface area contributed by atoms with E-state index in [1.165, 1.54) is 4.90 Å². The normalized spacial score (nSPS) is 13.3. The minimum Gasteiger partial charge on any atom is -0.462 e. The van der Waals surface area contributed by atoms with Crippen LogP contribution >= 0.6 is 0 Å². The first-order valence-electron chi connectivity index (χ1n) is 8.04. The number of nitrogens with zero attached hydrogens (tertiary/aromatic N) is 1. The maximum atomic E-state index is 12.8. The van der Waals surface area contributed by atoms with Gasteiger partial charge in [0.05, 0.1) is 24.9 Å². The minimum absolute atomic E-state index is 0.0428. The van der Waals surface area contributed by atoms with Crippen molar-refractivity contribution in [3.63, 3.8) is 0 Å². The van der Waals surface area contributed by atoms with Crippen molar-refractivity contribution >= 4 is 17.7 Å². The highest BCUT2D eigenvalue weighted by atomic mass is 16.5. The van der Waals surface area contributed by atoms with Gasteiger partial charge in [0.2, 0.25) is 5.78 Å². The van der Waals surface area contributed by atoms with Gasteiger partial charge in [-0.15, -0.1) is 0 Å². The lowest BCUT2D eigenvalue weighted by atomic mass is 10.0. The fourth-order valence-electron chi connectivity index (χ4n) is 2.50. The summed E-state index contributed by atoms with van der Waals surface area (Å²) in [5, 5.41) is 0. The number of Topliss-reactive ketones (excluding diaryl/α,β-unsaturated/α-hetero) is 1. The van der Waals surface area contributed by atoms with E-state index in [0.29, 0.717) is 22.5 Å². The maximum absolute atomic E-state index is 12.8. The summed E-state index contributed by atoms with van der Waals surface area (Å²) in [5.74, 6) is -0.604. The number of rotatable bonds is 7. The molecule has 0 saturated carbocycles. The third-order valence-electron chi connectivity index (χ3n) is 4.22. The van der Waals surface area contributed by atoms with Crippen LogP contribution in [0.5, 0.6) is 0 Å². The van der Waals surface area contributed by atoms with E-state index >= 15 is 0 Å². The lowest BCUT2D eigenvalue weighted by molar-refractivity contribution is -0.885. The number of ether oxygens (including phenoxy) is 1. The molecule has 0 radical (unpaired) electrons. The molecule has 2 N–H and O–H groups in total. The van der Waals surface area contributed by atoms with Gasteiger partial charge in [-0.3, -0.25) is 9.59 Å². The van der Waals surface area contributed by atoms with Gasteiger partial charge in [0, 0.05) is 19.8 Å². The van der Waals surface area contributed by atoms with E-state index in [0.717, 1.165) is 4.90 Å². The maximum Gasteiger partial charge on any atom is 0.340 e. The third-order valence-corrected chi connectivity index (χ3v) is 4.22. The number of carbonyl (C=O) groups excluding carboxylic acids is 3. The van der Waals surface area contributed by atoms with Gasteiger partial charge >= 0.3 is 5.97 Å². The van der Waals surface area contributed by atoms with Crippen LogP contribution in [0.25, 0.3) is 0 Å². The Morgan fingerprint density at radius 2 is 1.83 bits per heavy atom. The molecular weight excluding hydrogens is 310 g/mol. The topological polar surface area (TPSA) is 83.9 Å². The number of aromatic nitrogens is 1. The Morgan fingerprint density at radius 1 is 1.25 bits per heavy atom. The van der Waals surface area contributed by atoms with Crippen LogP contribution in [0.15, 0.2) is 0 Å². The predicted octanol–water partition coefficient (Wildman–Crippen LogP) is -0.0177. The Balaban J connectivity index is 3.01. The molecule has 1 aromatic rings. The fraction of sp³-hybridized carbons (Fsp3) is 0.588. The van der Waals surface area contributed by atoms with Gasteiger partial charge in [-0.05, 0) is 33.3 Å². The Bertz CT molecular complexity index is 634. The van der Waals surface area contributed by atoms with Gasteiger partial charge in [-0.1, -0.05) is 0 Å². The lowest BCUT2D eigenvalue weighted by Crippen LogP contribution is -3.14. The van der Waals surface area contributed by atoms with Crippen molar-refractivity contribution in [2.24, 2.45) is 0 Å². The third kappa shape index (κ3) is 4.23. The molecule has 2 atom stereocenters. The molecule has 7 nitrogen and oxygen atoms in total. The van der Waals surface area contributed by atoms with E-state index in [2.05, 4.69) is 4.98 Å². The highest BCUT2D eigenvalue weighted by Gasteiger charge is 2.30. The molecule has 0 aliphatic rings. The Hall–Kier alpha value is -2.15. The van der Waals surface area contributed by atoms with Crippen molar-refractivity contribution in [2.75, 3.05) is 34.3 Å². The van der Waals surface area contributed by atoms with Crippen LogP contribution in [-0.4, -0.2) is 67.9 Å². The average Bonchev–Trinajstić information content (AvgIpc) is 2.80. The Morgan fingerprint density at radius 3 is 2.33 bits per heavy atom. The largest absolute Gasteiger partial charge is 0.462 e. The molecule has 1 heterocycles. The number of amides is 1. The Kier molecular flexibility index (Phi) is 6.71. The lowest BCUT2D eigenvalue weighted by Gasteiger charge is -2.21. The zero-order valence-electron chi connectivity index (χ0n) is 15.6. The van der Waals surface area contributed by atoms with Crippen molar-refractivity contribution in [3.8, 4) is 0 Å². The zero-order chi connectivity index (χ0) is 18.6. The highest BCUT2D eigenvalue weighted by Crippen LogP contribution is 2.20. The van der Waals surface area contributed by atoms with E-state index < -0.39 is 12.0 Å². The van der Waals surface area contributed by atoms with Crippen LogP contribution in [0, 0.1) is 13.8 Å². The molecule has 0 fully saturated rings. The average molecular weight is 338 g/mol. The summed E-state index contributed by atoms with van der Waals surface area (Å²) in [4.78, 5) is 41.9. The van der Waals surface area contributed by atoms with Gasteiger partial charge in [0.15, 0.2) is 12.6 Å². The van der Waals surface area contributed by atoms with E-state index in [1.54, 1.807) is 48.8 Å². The number of likely N-dealkylation sites (N-methyl/N-ethyl adjacent to an activating group) is 2. The van der Waals surface area contributed by atoms with Crippen LogP contribution in [0.3, 0.4) is 0 Å². The van der Waals surface area contributed by atoms with E-state index in [-0.39, 0.29) is 24.8 Å². The van der Waals surface area contributed by atoms with E-state index in [4.69, 9.17) is 4.74 Å². The molecule has 134 valence electrons. The predicted molar refractivity (Wildman–Crippen MR) is 90.5 cm³/mol. The zero-order valence-corrected chi connectivity index (χ0v) is 15.6. The molecule has 1 unspecified atom stereocenters. The summed E-state index contributed by atoms with van der Waals surface area (Å²) in [5.41, 5.74) is 2.02. The molecule has 0 aromatic carbocycles. The number of carbonyl (C=O) groups is 3.